The van der Waals surface area contributed by atoms with Gasteiger partial charge in [0, 0.05) is 19.7 Å². The van der Waals surface area contributed by atoms with Crippen molar-refractivity contribution in [2.75, 3.05) is 13.2 Å². The first-order valence-electron chi connectivity index (χ1n) is 13.2. The van der Waals surface area contributed by atoms with Crippen molar-refractivity contribution < 1.29 is 32.5 Å². The zero-order valence-electron chi connectivity index (χ0n) is 21.7. The molecule has 10 heteroatoms. The number of hydrogen-bond acceptors (Lipinski definition) is 5. The Balaban J connectivity index is 1.17. The SMILES string of the molecule is O=C(O)c1ccc2nc(CN3CCc4ccc(OCc5ccc(C(F)(F)F)cc5)cc4C3)n(C[C@@H]3CCO3)c2c1. The van der Waals surface area contributed by atoms with Crippen molar-refractivity contribution in [1.29, 1.82) is 0 Å². The number of carboxylic acid groups (broad SMARTS) is 1. The van der Waals surface area contributed by atoms with Gasteiger partial charge in [-0.1, -0.05) is 18.2 Å². The normalized spacial score (nSPS) is 17.4. The molecule has 6 rings (SSSR count). The van der Waals surface area contributed by atoms with E-state index in [0.717, 1.165) is 60.5 Å². The van der Waals surface area contributed by atoms with Crippen molar-refractivity contribution in [2.45, 2.75) is 51.4 Å². The van der Waals surface area contributed by atoms with Crippen LogP contribution in [0.4, 0.5) is 13.2 Å². The Morgan fingerprint density at radius 3 is 2.58 bits per heavy atom. The highest BCUT2D eigenvalue weighted by Crippen LogP contribution is 2.30. The maximum Gasteiger partial charge on any atom is 0.416 e. The Morgan fingerprint density at radius 1 is 1.07 bits per heavy atom. The van der Waals surface area contributed by atoms with E-state index in [4.69, 9.17) is 14.5 Å². The van der Waals surface area contributed by atoms with Crippen LogP contribution in [0.25, 0.3) is 11.0 Å². The fraction of sp³-hybridized carbons (Fsp3) is 0.333. The molecule has 3 aromatic carbocycles. The van der Waals surface area contributed by atoms with E-state index in [1.54, 1.807) is 18.2 Å². The first-order valence-corrected chi connectivity index (χ1v) is 13.2. The summed E-state index contributed by atoms with van der Waals surface area (Å²) in [5.41, 5.74) is 4.13. The number of ether oxygens (including phenoxy) is 2. The van der Waals surface area contributed by atoms with Crippen molar-refractivity contribution >= 4 is 17.0 Å². The van der Waals surface area contributed by atoms with Crippen LogP contribution in [0.5, 0.6) is 5.75 Å². The van der Waals surface area contributed by atoms with Gasteiger partial charge in [0.25, 0.3) is 0 Å². The second-order valence-electron chi connectivity index (χ2n) is 10.3. The average molecular weight is 552 g/mol. The van der Waals surface area contributed by atoms with E-state index in [1.165, 1.54) is 17.7 Å². The lowest BCUT2D eigenvalue weighted by Crippen LogP contribution is -2.34. The van der Waals surface area contributed by atoms with Crippen LogP contribution in [-0.2, 0) is 43.6 Å². The van der Waals surface area contributed by atoms with E-state index < -0.39 is 17.7 Å². The van der Waals surface area contributed by atoms with Crippen molar-refractivity contribution in [3.63, 3.8) is 0 Å². The van der Waals surface area contributed by atoms with Gasteiger partial charge < -0.3 is 19.1 Å². The van der Waals surface area contributed by atoms with Crippen LogP contribution in [-0.4, -0.2) is 44.8 Å². The molecular weight excluding hydrogens is 523 g/mol. The number of aromatic carboxylic acids is 1. The molecule has 208 valence electrons. The molecule has 2 aliphatic rings. The molecule has 0 radical (unpaired) electrons. The number of hydrogen-bond donors (Lipinski definition) is 1. The van der Waals surface area contributed by atoms with Gasteiger partial charge in [0.1, 0.15) is 18.2 Å². The summed E-state index contributed by atoms with van der Waals surface area (Å²) in [6.07, 6.45) is -2.44. The Hall–Kier alpha value is -3.89. The monoisotopic (exact) mass is 551 g/mol. The molecule has 1 atom stereocenters. The molecule has 40 heavy (non-hydrogen) atoms. The molecule has 0 amide bonds. The van der Waals surface area contributed by atoms with Gasteiger partial charge in [0.15, 0.2) is 0 Å². The maximum atomic E-state index is 12.8. The van der Waals surface area contributed by atoms with Crippen LogP contribution in [0, 0.1) is 0 Å². The number of halogens is 3. The molecule has 0 saturated carbocycles. The summed E-state index contributed by atoms with van der Waals surface area (Å²) in [7, 11) is 0. The van der Waals surface area contributed by atoms with Crippen LogP contribution >= 0.6 is 0 Å². The minimum Gasteiger partial charge on any atom is -0.489 e. The number of fused-ring (bicyclic) bond motifs is 2. The van der Waals surface area contributed by atoms with Gasteiger partial charge in [-0.25, -0.2) is 9.78 Å². The van der Waals surface area contributed by atoms with E-state index in [0.29, 0.717) is 30.9 Å². The molecule has 0 aliphatic carbocycles. The third-order valence-electron chi connectivity index (χ3n) is 7.57. The van der Waals surface area contributed by atoms with Crippen molar-refractivity contribution in [2.24, 2.45) is 0 Å². The third-order valence-corrected chi connectivity index (χ3v) is 7.57. The van der Waals surface area contributed by atoms with Crippen LogP contribution in [0.15, 0.2) is 60.7 Å². The predicted octanol–water partition coefficient (Wildman–Crippen LogP) is 5.68. The summed E-state index contributed by atoms with van der Waals surface area (Å²) in [6.45, 7) is 3.67. The van der Waals surface area contributed by atoms with E-state index in [1.807, 2.05) is 18.2 Å². The summed E-state index contributed by atoms with van der Waals surface area (Å²) in [6, 6.07) is 16.0. The van der Waals surface area contributed by atoms with Crippen molar-refractivity contribution in [1.82, 2.24) is 14.5 Å². The number of benzene rings is 3. The molecular formula is C30H28F3N3O4. The molecule has 0 unspecified atom stereocenters. The third kappa shape index (κ3) is 5.55. The highest BCUT2D eigenvalue weighted by atomic mass is 19.4. The van der Waals surface area contributed by atoms with Crippen LogP contribution < -0.4 is 4.74 Å². The highest BCUT2D eigenvalue weighted by molar-refractivity contribution is 5.92. The lowest BCUT2D eigenvalue weighted by atomic mass is 9.99. The molecule has 1 saturated heterocycles. The van der Waals surface area contributed by atoms with E-state index in [9.17, 15) is 23.1 Å². The fourth-order valence-corrected chi connectivity index (χ4v) is 5.24. The standard InChI is InChI=1S/C30H28F3N3O4/c31-30(32,33)23-5-1-19(2-6-23)18-40-24-7-3-20-9-11-35(15-22(20)13-24)17-28-34-26-8-4-21(29(37)38)14-27(26)36(28)16-25-10-12-39-25/h1-8,13-14,25H,9-12,15-18H2,(H,37,38)/t25-/m0/s1. The Kier molecular flexibility index (Phi) is 6.97. The van der Waals surface area contributed by atoms with Gasteiger partial charge in [-0.2, -0.15) is 13.2 Å². The molecule has 4 aromatic rings. The maximum absolute atomic E-state index is 12.8. The molecule has 3 heterocycles. The molecule has 1 fully saturated rings. The van der Waals surface area contributed by atoms with E-state index in [2.05, 4.69) is 9.47 Å². The van der Waals surface area contributed by atoms with Crippen LogP contribution in [0.1, 0.15) is 44.9 Å². The number of imidazole rings is 1. The lowest BCUT2D eigenvalue weighted by molar-refractivity contribution is -0.137. The molecule has 7 nitrogen and oxygen atoms in total. The van der Waals surface area contributed by atoms with E-state index in [-0.39, 0.29) is 18.3 Å². The second kappa shape index (κ2) is 10.6. The Labute approximate surface area is 228 Å². The number of carbonyl (C=O) groups is 1. The number of aromatic nitrogens is 2. The molecule has 0 bridgehead atoms. The summed E-state index contributed by atoms with van der Waals surface area (Å²) < 4.78 is 52.2. The molecule has 1 N–H and O–H groups in total. The predicted molar refractivity (Wildman–Crippen MR) is 141 cm³/mol. The topological polar surface area (TPSA) is 76.8 Å². The summed E-state index contributed by atoms with van der Waals surface area (Å²) >= 11 is 0. The minimum absolute atomic E-state index is 0.0936. The van der Waals surface area contributed by atoms with Gasteiger partial charge in [-0.05, 0) is 72.0 Å². The fourth-order valence-electron chi connectivity index (χ4n) is 5.24. The Bertz CT molecular complexity index is 1540. The summed E-state index contributed by atoms with van der Waals surface area (Å²) in [4.78, 5) is 18.7. The zero-order valence-corrected chi connectivity index (χ0v) is 21.7. The van der Waals surface area contributed by atoms with Gasteiger partial charge in [0.2, 0.25) is 0 Å². The molecule has 0 spiro atoms. The lowest BCUT2D eigenvalue weighted by Gasteiger charge is -2.30. The van der Waals surface area contributed by atoms with E-state index >= 15 is 0 Å². The van der Waals surface area contributed by atoms with Crippen molar-refractivity contribution in [3.8, 4) is 5.75 Å². The first kappa shape index (κ1) is 26.3. The van der Waals surface area contributed by atoms with Gasteiger partial charge in [-0.15, -0.1) is 0 Å². The largest absolute Gasteiger partial charge is 0.489 e. The van der Waals surface area contributed by atoms with Gasteiger partial charge in [-0.3, -0.25) is 4.90 Å². The number of alkyl halides is 3. The second-order valence-corrected chi connectivity index (χ2v) is 10.3. The van der Waals surface area contributed by atoms with Gasteiger partial charge in [0.05, 0.1) is 41.4 Å². The number of nitrogens with zero attached hydrogens (tertiary/aromatic N) is 3. The summed E-state index contributed by atoms with van der Waals surface area (Å²) in [5, 5.41) is 9.49. The quantitative estimate of drug-likeness (QED) is 0.304. The average Bonchev–Trinajstić information content (AvgIpc) is 3.24. The van der Waals surface area contributed by atoms with Crippen LogP contribution in [0.3, 0.4) is 0 Å². The highest BCUT2D eigenvalue weighted by Gasteiger charge is 2.30. The molecule has 2 aliphatic heterocycles. The van der Waals surface area contributed by atoms with Crippen LogP contribution in [0.2, 0.25) is 0 Å². The van der Waals surface area contributed by atoms with Gasteiger partial charge >= 0.3 is 12.1 Å². The smallest absolute Gasteiger partial charge is 0.416 e. The summed E-state index contributed by atoms with van der Waals surface area (Å²) in [5.74, 6) is 0.558. The molecule has 1 aromatic heterocycles. The van der Waals surface area contributed by atoms with Crippen molar-refractivity contribution in [3.05, 3.63) is 94.3 Å². The zero-order chi connectivity index (χ0) is 27.9. The number of rotatable bonds is 8. The number of carboxylic acids is 1. The Morgan fingerprint density at radius 2 is 1.88 bits per heavy atom. The first-order chi connectivity index (χ1) is 19.2. The minimum atomic E-state index is -4.36.